The first-order chi connectivity index (χ1) is 13.5. The van der Waals surface area contributed by atoms with Crippen molar-refractivity contribution in [3.63, 3.8) is 0 Å². The molecule has 0 aliphatic carbocycles. The molecule has 4 heteroatoms. The van der Waals surface area contributed by atoms with Crippen LogP contribution in [-0.4, -0.2) is 34.5 Å². The van der Waals surface area contributed by atoms with Gasteiger partial charge in [0.2, 0.25) is 0 Å². The summed E-state index contributed by atoms with van der Waals surface area (Å²) in [6, 6.07) is 19.1. The number of benzene rings is 2. The van der Waals surface area contributed by atoms with Gasteiger partial charge in [-0.2, -0.15) is 0 Å². The molecule has 2 aromatic rings. The highest BCUT2D eigenvalue weighted by Crippen LogP contribution is 2.20. The predicted octanol–water partition coefficient (Wildman–Crippen LogP) is 3.52. The molecule has 0 saturated heterocycles. The molecular weight excluding hydrogens is 348 g/mol. The molecule has 0 amide bonds. The average molecular weight is 381 g/mol. The van der Waals surface area contributed by atoms with Crippen LogP contribution in [0.1, 0.15) is 37.1 Å². The summed E-state index contributed by atoms with van der Waals surface area (Å²) in [6.45, 7) is 11.6. The van der Waals surface area contributed by atoms with E-state index in [4.69, 9.17) is 0 Å². The van der Waals surface area contributed by atoms with E-state index in [2.05, 4.69) is 23.8 Å². The summed E-state index contributed by atoms with van der Waals surface area (Å²) >= 11 is 0. The van der Waals surface area contributed by atoms with Crippen LogP contribution in [0.4, 0.5) is 0 Å². The minimum atomic E-state index is -0.846. The monoisotopic (exact) mass is 380 g/mol. The fourth-order valence-corrected chi connectivity index (χ4v) is 3.38. The Morgan fingerprint density at radius 3 is 1.29 bits per heavy atom. The second-order valence-electron chi connectivity index (χ2n) is 7.10. The normalized spacial score (nSPS) is 17.7. The average Bonchev–Trinajstić information content (AvgIpc) is 2.75. The van der Waals surface area contributed by atoms with Gasteiger partial charge in [0.05, 0.1) is 24.3 Å². The predicted molar refractivity (Wildman–Crippen MR) is 116 cm³/mol. The van der Waals surface area contributed by atoms with E-state index in [1.54, 1.807) is 0 Å². The summed E-state index contributed by atoms with van der Waals surface area (Å²) in [6.07, 6.45) is 1.29. The van der Waals surface area contributed by atoms with Gasteiger partial charge in [-0.25, -0.2) is 0 Å². The van der Waals surface area contributed by atoms with E-state index < -0.39 is 24.3 Å². The highest BCUT2D eigenvalue weighted by atomic mass is 16.3. The lowest BCUT2D eigenvalue weighted by Gasteiger charge is -2.37. The topological polar surface area (TPSA) is 64.5 Å². The Kier molecular flexibility index (Phi) is 8.61. The van der Waals surface area contributed by atoms with Gasteiger partial charge in [-0.15, -0.1) is 13.2 Å². The molecule has 0 aliphatic rings. The lowest BCUT2D eigenvalue weighted by Crippen LogP contribution is -2.59. The first-order valence-electron chi connectivity index (χ1n) is 9.71. The van der Waals surface area contributed by atoms with Crippen molar-refractivity contribution >= 4 is 0 Å². The lowest BCUT2D eigenvalue weighted by atomic mass is 9.93. The van der Waals surface area contributed by atoms with Crippen LogP contribution in [0.15, 0.2) is 86.0 Å². The van der Waals surface area contributed by atoms with E-state index in [9.17, 15) is 10.2 Å². The number of hydrogen-bond acceptors (Lipinski definition) is 4. The van der Waals surface area contributed by atoms with Crippen molar-refractivity contribution in [1.82, 2.24) is 10.6 Å². The SMILES string of the molecule is C=C[C@@H](O)[C@@H](N[C@@H](C)c1ccccc1)[C@H](N[C@@H](C)c1ccccc1)[C@H](O)C=C. The molecule has 2 aromatic carbocycles. The number of rotatable bonds is 11. The van der Waals surface area contributed by atoms with Gasteiger partial charge in [0, 0.05) is 12.1 Å². The molecule has 0 saturated carbocycles. The summed E-state index contributed by atoms with van der Waals surface area (Å²) in [5, 5.41) is 28.2. The molecule has 0 fully saturated rings. The maximum Gasteiger partial charge on any atom is 0.0887 e. The first-order valence-corrected chi connectivity index (χ1v) is 9.71. The standard InChI is InChI=1S/C24H32N2O2/c1-5-21(27)23(25-17(3)19-13-9-7-10-14-19)24(22(28)6-2)26-18(4)20-15-11-8-12-16-20/h5-18,21-28H,1-2H2,3-4H3/t17-,18-,21+,22+,23+,24+/m0/s1. The van der Waals surface area contributed by atoms with Gasteiger partial charge in [0.25, 0.3) is 0 Å². The molecule has 0 aromatic heterocycles. The Morgan fingerprint density at radius 2 is 1.00 bits per heavy atom. The highest BCUT2D eigenvalue weighted by molar-refractivity contribution is 5.21. The number of nitrogens with one attached hydrogen (secondary N) is 2. The zero-order valence-corrected chi connectivity index (χ0v) is 16.7. The Balaban J connectivity index is 2.26. The third-order valence-electron chi connectivity index (χ3n) is 5.09. The van der Waals surface area contributed by atoms with Gasteiger partial charge in [-0.1, -0.05) is 72.8 Å². The Hall–Kier alpha value is -2.24. The molecule has 4 N–H and O–H groups in total. The number of hydrogen-bond donors (Lipinski definition) is 4. The van der Waals surface area contributed by atoms with E-state index >= 15 is 0 Å². The second kappa shape index (κ2) is 10.9. The van der Waals surface area contributed by atoms with Crippen molar-refractivity contribution in [2.45, 2.75) is 50.2 Å². The van der Waals surface area contributed by atoms with Crippen LogP contribution in [0.3, 0.4) is 0 Å². The smallest absolute Gasteiger partial charge is 0.0887 e. The van der Waals surface area contributed by atoms with Gasteiger partial charge >= 0.3 is 0 Å². The van der Waals surface area contributed by atoms with Gasteiger partial charge in [0.1, 0.15) is 0 Å². The maximum atomic E-state index is 10.6. The highest BCUT2D eigenvalue weighted by Gasteiger charge is 2.33. The minimum absolute atomic E-state index is 0.0193. The molecule has 0 heterocycles. The van der Waals surface area contributed by atoms with E-state index in [1.165, 1.54) is 12.2 Å². The van der Waals surface area contributed by atoms with Crippen molar-refractivity contribution < 1.29 is 10.2 Å². The number of aliphatic hydroxyl groups excluding tert-OH is 2. The summed E-state index contributed by atoms with van der Waals surface area (Å²) in [5.41, 5.74) is 2.21. The zero-order valence-electron chi connectivity index (χ0n) is 16.7. The van der Waals surface area contributed by atoms with Gasteiger partial charge in [-0.3, -0.25) is 0 Å². The van der Waals surface area contributed by atoms with Crippen LogP contribution in [-0.2, 0) is 0 Å². The molecule has 150 valence electrons. The third-order valence-corrected chi connectivity index (χ3v) is 5.09. The Bertz CT molecular complexity index is 656. The first kappa shape index (κ1) is 22.1. The molecule has 0 spiro atoms. The van der Waals surface area contributed by atoms with E-state index in [0.717, 1.165) is 11.1 Å². The summed E-state index contributed by atoms with van der Waals surface area (Å²) in [4.78, 5) is 0. The largest absolute Gasteiger partial charge is 0.387 e. The second-order valence-corrected chi connectivity index (χ2v) is 7.10. The molecule has 0 bridgehead atoms. The van der Waals surface area contributed by atoms with Crippen molar-refractivity contribution in [2.75, 3.05) is 0 Å². The van der Waals surface area contributed by atoms with Crippen LogP contribution in [0.2, 0.25) is 0 Å². The van der Waals surface area contributed by atoms with Crippen molar-refractivity contribution in [3.8, 4) is 0 Å². The fraction of sp³-hybridized carbons (Fsp3) is 0.333. The summed E-state index contributed by atoms with van der Waals surface area (Å²) in [5.74, 6) is 0. The Morgan fingerprint density at radius 1 is 0.679 bits per heavy atom. The lowest BCUT2D eigenvalue weighted by molar-refractivity contribution is 0.0801. The third kappa shape index (κ3) is 5.88. The van der Waals surface area contributed by atoms with Crippen LogP contribution in [0, 0.1) is 0 Å². The van der Waals surface area contributed by atoms with Gasteiger partial charge in [0.15, 0.2) is 0 Å². The molecule has 0 radical (unpaired) electrons. The van der Waals surface area contributed by atoms with Crippen molar-refractivity contribution in [1.29, 1.82) is 0 Å². The van der Waals surface area contributed by atoms with Crippen molar-refractivity contribution in [3.05, 3.63) is 97.1 Å². The molecule has 28 heavy (non-hydrogen) atoms. The van der Waals surface area contributed by atoms with Crippen LogP contribution >= 0.6 is 0 Å². The number of aliphatic hydroxyl groups is 2. The Labute approximate surface area is 168 Å². The van der Waals surface area contributed by atoms with Crippen LogP contribution in [0.25, 0.3) is 0 Å². The van der Waals surface area contributed by atoms with E-state index in [1.807, 2.05) is 74.5 Å². The summed E-state index contributed by atoms with van der Waals surface area (Å²) < 4.78 is 0. The molecule has 2 rings (SSSR count). The zero-order chi connectivity index (χ0) is 20.5. The van der Waals surface area contributed by atoms with Crippen molar-refractivity contribution in [2.24, 2.45) is 0 Å². The van der Waals surface area contributed by atoms with Gasteiger partial charge < -0.3 is 20.8 Å². The fourth-order valence-electron chi connectivity index (χ4n) is 3.38. The van der Waals surface area contributed by atoms with Gasteiger partial charge in [-0.05, 0) is 25.0 Å². The molecule has 0 unspecified atom stereocenters. The summed E-state index contributed by atoms with van der Waals surface area (Å²) in [7, 11) is 0. The quantitative estimate of drug-likeness (QED) is 0.451. The molecule has 4 nitrogen and oxygen atoms in total. The molecule has 6 atom stereocenters. The van der Waals surface area contributed by atoms with Crippen LogP contribution in [0.5, 0.6) is 0 Å². The minimum Gasteiger partial charge on any atom is -0.387 e. The van der Waals surface area contributed by atoms with Crippen LogP contribution < -0.4 is 10.6 Å². The van der Waals surface area contributed by atoms with E-state index in [0.29, 0.717) is 0 Å². The molecular formula is C24H32N2O2. The maximum absolute atomic E-state index is 10.6. The van der Waals surface area contributed by atoms with E-state index in [-0.39, 0.29) is 12.1 Å². The molecule has 0 aliphatic heterocycles.